The highest BCUT2D eigenvalue weighted by atomic mass is 19.1. The minimum Gasteiger partial charge on any atom is -0.508 e. The highest BCUT2D eigenvalue weighted by molar-refractivity contribution is 6.67. The molecule has 0 unspecified atom stereocenters. The molecule has 240 valence electrons. The average molecular weight is 625 g/mol. The molecule has 4 fully saturated rings. The molecule has 46 heavy (non-hydrogen) atoms. The number of rotatable bonds is 6. The Morgan fingerprint density at radius 1 is 0.891 bits per heavy atom. The van der Waals surface area contributed by atoms with Gasteiger partial charge in [-0.1, -0.05) is 25.5 Å². The van der Waals surface area contributed by atoms with Crippen LogP contribution in [0, 0.1) is 28.3 Å². The Morgan fingerprint density at radius 2 is 1.54 bits per heavy atom. The van der Waals surface area contributed by atoms with Crippen LogP contribution in [0.2, 0.25) is 25.3 Å². The highest BCUT2D eigenvalue weighted by Gasteiger charge is 2.28. The van der Waals surface area contributed by atoms with E-state index in [1.807, 2.05) is 6.07 Å². The van der Waals surface area contributed by atoms with Gasteiger partial charge in [0, 0.05) is 87.4 Å². The number of carbonyl (C=O) groups is 2. The zero-order valence-corrected chi connectivity index (χ0v) is 26.5. The fraction of sp³-hybridized carbons (Fsp3) is 0.529. The first-order chi connectivity index (χ1) is 22.4. The molecule has 1 N–H and O–H groups in total. The predicted octanol–water partition coefficient (Wildman–Crippen LogP) is 5.27. The smallest absolute Gasteiger partial charge is 0.271 e. The van der Waals surface area contributed by atoms with Crippen LogP contribution >= 0.6 is 0 Å². The fourth-order valence-corrected chi connectivity index (χ4v) is 7.00. The lowest BCUT2D eigenvalue weighted by molar-refractivity contribution is -0.119. The van der Waals surface area contributed by atoms with Crippen molar-refractivity contribution >= 4 is 31.4 Å². The molecule has 6 rings (SSSR count). The lowest BCUT2D eigenvalue weighted by Crippen LogP contribution is -2.41. The molecular weight excluding hydrogens is 583 g/mol. The standard InChI is InChI=1S/C29H34BFN4O4.C5H8BN/c31-23-16-24(34-13-7-30(19-32)8-14-34)18-26(17-23)39-25-5-11-35(12-6-25)29(38)22-1-2-28(37)27(15-22)21-3-9-33(20-36)10-4-21;7-5-6-3-1-2-4-6/h1-2,15-18,20-21,25,37H,3-14H2;1-4H2. The number of anilines is 1. The van der Waals surface area contributed by atoms with E-state index in [4.69, 9.17) is 15.3 Å². The normalized spacial score (nSPS) is 19.2. The minimum absolute atomic E-state index is 0.0632. The Labute approximate surface area is 272 Å². The monoisotopic (exact) mass is 625 g/mol. The molecule has 0 radical (unpaired) electrons. The molecular formula is C34H42B2FN5O4. The number of phenols is 1. The summed E-state index contributed by atoms with van der Waals surface area (Å²) < 4.78 is 20.6. The minimum atomic E-state index is -0.350. The maximum absolute atomic E-state index is 14.4. The molecule has 0 bridgehead atoms. The van der Waals surface area contributed by atoms with E-state index in [-0.39, 0.29) is 36.2 Å². The molecule has 4 heterocycles. The first kappa shape index (κ1) is 33.2. The molecule has 2 amide bonds. The number of nitrogens with zero attached hydrogens (tertiary/aromatic N) is 5. The molecule has 2 aromatic rings. The van der Waals surface area contributed by atoms with Gasteiger partial charge in [-0.25, -0.2) is 14.9 Å². The summed E-state index contributed by atoms with van der Waals surface area (Å²) in [7, 11) is 0. The van der Waals surface area contributed by atoms with Gasteiger partial charge in [-0.2, -0.15) is 0 Å². The number of aromatic hydroxyl groups is 1. The average Bonchev–Trinajstić information content (AvgIpc) is 3.63. The van der Waals surface area contributed by atoms with Gasteiger partial charge in [0.15, 0.2) is 0 Å². The second-order valence-corrected chi connectivity index (χ2v) is 12.9. The number of hydrogen-bond acceptors (Lipinski definition) is 7. The van der Waals surface area contributed by atoms with Crippen molar-refractivity contribution in [1.29, 1.82) is 10.5 Å². The predicted molar refractivity (Wildman–Crippen MR) is 177 cm³/mol. The molecule has 0 spiro atoms. The number of likely N-dealkylation sites (tertiary alicyclic amines) is 2. The number of benzene rings is 2. The van der Waals surface area contributed by atoms with E-state index in [0.29, 0.717) is 57.0 Å². The van der Waals surface area contributed by atoms with Crippen LogP contribution in [0.5, 0.6) is 11.5 Å². The number of nitriles is 2. The molecule has 12 heteroatoms. The van der Waals surface area contributed by atoms with Gasteiger partial charge in [0.2, 0.25) is 6.41 Å². The Balaban J connectivity index is 0.000000527. The molecule has 2 aromatic carbocycles. The summed E-state index contributed by atoms with van der Waals surface area (Å²) in [6.07, 6.45) is 9.93. The lowest BCUT2D eigenvalue weighted by Gasteiger charge is -2.33. The van der Waals surface area contributed by atoms with Gasteiger partial charge in [0.25, 0.3) is 19.3 Å². The summed E-state index contributed by atoms with van der Waals surface area (Å²) in [5.74, 6) is 4.95. The van der Waals surface area contributed by atoms with Crippen molar-refractivity contribution in [3.8, 4) is 23.4 Å². The Morgan fingerprint density at radius 3 is 2.15 bits per heavy atom. The summed E-state index contributed by atoms with van der Waals surface area (Å²) in [5.41, 5.74) is 2.09. The van der Waals surface area contributed by atoms with Crippen LogP contribution in [0.25, 0.3) is 0 Å². The maximum atomic E-state index is 14.4. The summed E-state index contributed by atoms with van der Waals surface area (Å²) >= 11 is 0. The number of piperidine rings is 2. The van der Waals surface area contributed by atoms with Gasteiger partial charge in [-0.15, -0.1) is 0 Å². The van der Waals surface area contributed by atoms with Crippen molar-refractivity contribution in [3.63, 3.8) is 0 Å². The number of phenolic OH excluding ortho intramolecular Hbond substituents is 1. The number of hydrogen-bond donors (Lipinski definition) is 1. The van der Waals surface area contributed by atoms with Gasteiger partial charge < -0.3 is 24.5 Å². The van der Waals surface area contributed by atoms with E-state index in [0.717, 1.165) is 68.9 Å². The van der Waals surface area contributed by atoms with Crippen molar-refractivity contribution in [2.45, 2.75) is 75.8 Å². The Bertz CT molecular complexity index is 1440. The van der Waals surface area contributed by atoms with Crippen molar-refractivity contribution in [3.05, 3.63) is 53.3 Å². The van der Waals surface area contributed by atoms with Gasteiger partial charge in [-0.3, -0.25) is 9.59 Å². The summed E-state index contributed by atoms with van der Waals surface area (Å²) in [4.78, 5) is 30.0. The fourth-order valence-electron chi connectivity index (χ4n) is 7.00. The SMILES string of the molecule is N#CB1CCCC1.N#CB1CCN(c2cc(F)cc(OC3CCN(C(=O)c4ccc(O)c(C5CCN(C=O)CC5)c4)CC3)c2)CC1. The van der Waals surface area contributed by atoms with Crippen LogP contribution < -0.4 is 9.64 Å². The molecule has 4 saturated heterocycles. The third kappa shape index (κ3) is 8.54. The van der Waals surface area contributed by atoms with E-state index in [1.54, 1.807) is 28.0 Å². The molecule has 0 aliphatic carbocycles. The third-order valence-corrected chi connectivity index (χ3v) is 9.86. The van der Waals surface area contributed by atoms with E-state index < -0.39 is 0 Å². The Hall–Kier alpha value is -4.18. The Kier molecular flexibility index (Phi) is 11.5. The summed E-state index contributed by atoms with van der Waals surface area (Å²) in [6.45, 7) is 4.25. The molecule has 4 aliphatic heterocycles. The number of carbonyl (C=O) groups excluding carboxylic acids is 2. The zero-order chi connectivity index (χ0) is 32.5. The van der Waals surface area contributed by atoms with E-state index in [2.05, 4.69) is 16.8 Å². The van der Waals surface area contributed by atoms with Gasteiger partial charge in [0.1, 0.15) is 23.4 Å². The van der Waals surface area contributed by atoms with Crippen LogP contribution in [-0.2, 0) is 4.79 Å². The second-order valence-electron chi connectivity index (χ2n) is 12.9. The first-order valence-corrected chi connectivity index (χ1v) is 16.7. The topological polar surface area (TPSA) is 121 Å². The number of ether oxygens (including phenoxy) is 1. The second kappa shape index (κ2) is 15.9. The molecule has 4 aliphatic rings. The van der Waals surface area contributed by atoms with Crippen molar-refractivity contribution in [2.24, 2.45) is 0 Å². The third-order valence-electron chi connectivity index (χ3n) is 9.86. The van der Waals surface area contributed by atoms with Crippen LogP contribution in [0.15, 0.2) is 36.4 Å². The van der Waals surface area contributed by atoms with Crippen molar-refractivity contribution in [2.75, 3.05) is 44.2 Å². The number of halogens is 1. The zero-order valence-electron chi connectivity index (χ0n) is 26.5. The largest absolute Gasteiger partial charge is 0.508 e. The van der Waals surface area contributed by atoms with Crippen LogP contribution in [0.4, 0.5) is 10.1 Å². The molecule has 0 aromatic heterocycles. The maximum Gasteiger partial charge on any atom is 0.271 e. The van der Waals surface area contributed by atoms with E-state index in [9.17, 15) is 19.1 Å². The van der Waals surface area contributed by atoms with E-state index in [1.165, 1.54) is 25.0 Å². The summed E-state index contributed by atoms with van der Waals surface area (Å²) in [6, 6.07) is 9.84. The molecule has 0 atom stereocenters. The van der Waals surface area contributed by atoms with Crippen LogP contribution in [0.1, 0.15) is 60.4 Å². The van der Waals surface area contributed by atoms with E-state index >= 15 is 0 Å². The highest BCUT2D eigenvalue weighted by Crippen LogP contribution is 2.35. The van der Waals surface area contributed by atoms with Crippen molar-refractivity contribution in [1.82, 2.24) is 9.80 Å². The first-order valence-electron chi connectivity index (χ1n) is 16.7. The lowest BCUT2D eigenvalue weighted by atomic mass is 9.45. The van der Waals surface area contributed by atoms with Gasteiger partial charge in [-0.05, 0) is 61.2 Å². The molecule has 9 nitrogen and oxygen atoms in total. The number of amides is 2. The summed E-state index contributed by atoms with van der Waals surface area (Å²) in [5, 5.41) is 27.9. The quantitative estimate of drug-likeness (QED) is 0.343. The van der Waals surface area contributed by atoms with Crippen LogP contribution in [-0.4, -0.2) is 86.0 Å². The van der Waals surface area contributed by atoms with Crippen LogP contribution in [0.3, 0.4) is 0 Å². The van der Waals surface area contributed by atoms with Gasteiger partial charge >= 0.3 is 0 Å². The van der Waals surface area contributed by atoms with Gasteiger partial charge in [0.05, 0.1) is 0 Å². The molecule has 0 saturated carbocycles. The van der Waals surface area contributed by atoms with Crippen molar-refractivity contribution < 1.29 is 23.8 Å².